The quantitative estimate of drug-likeness (QED) is 0.814. The van der Waals surface area contributed by atoms with E-state index in [4.69, 9.17) is 4.74 Å². The molecule has 2 unspecified atom stereocenters. The van der Waals surface area contributed by atoms with Crippen molar-refractivity contribution in [3.63, 3.8) is 0 Å². The first-order chi connectivity index (χ1) is 14.0. The molecule has 4 rings (SSSR count). The fourth-order valence-corrected chi connectivity index (χ4v) is 5.18. The number of hydrogen-bond acceptors (Lipinski definition) is 4. The molecule has 2 fully saturated rings. The number of aromatic nitrogens is 1. The molecule has 0 aliphatic carbocycles. The highest BCUT2D eigenvalue weighted by molar-refractivity contribution is 5.97. The molecule has 2 aromatic rings. The molecule has 2 saturated heterocycles. The van der Waals surface area contributed by atoms with Crippen molar-refractivity contribution in [3.05, 3.63) is 46.2 Å². The molecule has 2 aliphatic heterocycles. The number of para-hydroxylation sites is 1. The van der Waals surface area contributed by atoms with E-state index < -0.39 is 0 Å². The highest BCUT2D eigenvalue weighted by Crippen LogP contribution is 2.35. The van der Waals surface area contributed by atoms with E-state index in [0.29, 0.717) is 12.1 Å². The maximum atomic E-state index is 13.1. The molecule has 2 bridgehead atoms. The normalized spacial score (nSPS) is 24.3. The maximum absolute atomic E-state index is 13.1. The van der Waals surface area contributed by atoms with E-state index in [1.54, 1.807) is 17.7 Å². The van der Waals surface area contributed by atoms with E-state index in [9.17, 15) is 9.59 Å². The van der Waals surface area contributed by atoms with E-state index in [1.165, 1.54) is 12.8 Å². The third kappa shape index (κ3) is 3.83. The largest absolute Gasteiger partial charge is 0.383 e. The van der Waals surface area contributed by atoms with Crippen LogP contribution >= 0.6 is 0 Å². The van der Waals surface area contributed by atoms with Crippen molar-refractivity contribution in [1.82, 2.24) is 14.8 Å². The van der Waals surface area contributed by atoms with Crippen molar-refractivity contribution in [2.75, 3.05) is 20.3 Å². The first-order valence-corrected chi connectivity index (χ1v) is 10.7. The van der Waals surface area contributed by atoms with Gasteiger partial charge in [0.15, 0.2) is 0 Å². The molecular formula is C23H31N3O3. The summed E-state index contributed by atoms with van der Waals surface area (Å²) in [4.78, 5) is 28.7. The van der Waals surface area contributed by atoms with Crippen molar-refractivity contribution in [2.24, 2.45) is 0 Å². The Labute approximate surface area is 171 Å². The fourth-order valence-electron chi connectivity index (χ4n) is 5.18. The van der Waals surface area contributed by atoms with E-state index in [-0.39, 0.29) is 29.1 Å². The lowest BCUT2D eigenvalue weighted by Gasteiger charge is -2.39. The zero-order chi connectivity index (χ0) is 20.5. The topological polar surface area (TPSA) is 63.6 Å². The van der Waals surface area contributed by atoms with Crippen molar-refractivity contribution < 1.29 is 9.53 Å². The molecule has 0 spiro atoms. The molecule has 0 radical (unpaired) electrons. The number of ether oxygens (including phenoxy) is 1. The summed E-state index contributed by atoms with van der Waals surface area (Å²) in [7, 11) is 1.74. The number of hydrogen-bond donors (Lipinski definition) is 1. The molecule has 6 heteroatoms. The van der Waals surface area contributed by atoms with Crippen LogP contribution in [0.3, 0.4) is 0 Å². The van der Waals surface area contributed by atoms with Crippen LogP contribution in [0.1, 0.15) is 55.9 Å². The van der Waals surface area contributed by atoms with Gasteiger partial charge in [0.05, 0.1) is 12.1 Å². The summed E-state index contributed by atoms with van der Waals surface area (Å²) in [5.41, 5.74) is 0.900. The lowest BCUT2D eigenvalue weighted by Crippen LogP contribution is -2.51. The summed E-state index contributed by atoms with van der Waals surface area (Å²) in [6.07, 6.45) is 4.24. The number of rotatable bonds is 6. The van der Waals surface area contributed by atoms with Crippen LogP contribution in [0.15, 0.2) is 35.1 Å². The van der Waals surface area contributed by atoms with E-state index >= 15 is 0 Å². The molecule has 2 aliphatic rings. The predicted octanol–water partition coefficient (Wildman–Crippen LogP) is 2.95. The zero-order valence-corrected chi connectivity index (χ0v) is 17.6. The van der Waals surface area contributed by atoms with Crippen molar-refractivity contribution in [2.45, 2.75) is 63.7 Å². The lowest BCUT2D eigenvalue weighted by molar-refractivity contribution is 0.0707. The van der Waals surface area contributed by atoms with Crippen LogP contribution in [0.25, 0.3) is 10.9 Å². The Morgan fingerprint density at radius 2 is 1.90 bits per heavy atom. The van der Waals surface area contributed by atoms with Gasteiger partial charge in [-0.1, -0.05) is 18.2 Å². The number of fused-ring (bicyclic) bond motifs is 3. The first kappa shape index (κ1) is 20.1. The van der Waals surface area contributed by atoms with Crippen molar-refractivity contribution in [3.8, 4) is 0 Å². The first-order valence-electron chi connectivity index (χ1n) is 10.7. The second-order valence-electron chi connectivity index (χ2n) is 8.64. The molecule has 1 aromatic carbocycles. The van der Waals surface area contributed by atoms with Gasteiger partial charge in [0.1, 0.15) is 5.56 Å². The Morgan fingerprint density at radius 1 is 1.21 bits per heavy atom. The minimum absolute atomic E-state index is 0.0139. The molecule has 1 amide bonds. The Hall–Kier alpha value is -2.18. The van der Waals surface area contributed by atoms with Gasteiger partial charge in [0, 0.05) is 37.8 Å². The number of methoxy groups -OCH3 is 1. The van der Waals surface area contributed by atoms with E-state index in [0.717, 1.165) is 36.9 Å². The number of piperidine rings is 1. The smallest absolute Gasteiger partial charge is 0.264 e. The number of benzene rings is 1. The molecule has 3 heterocycles. The fraction of sp³-hybridized carbons (Fsp3) is 0.565. The zero-order valence-electron chi connectivity index (χ0n) is 17.6. The Kier molecular flexibility index (Phi) is 5.74. The molecular weight excluding hydrogens is 366 g/mol. The molecule has 1 N–H and O–H groups in total. The number of carbonyl (C=O) groups is 1. The summed E-state index contributed by atoms with van der Waals surface area (Å²) in [5.74, 6) is -0.245. The van der Waals surface area contributed by atoms with Gasteiger partial charge >= 0.3 is 0 Å². The number of nitrogens with one attached hydrogen (secondary N) is 1. The molecule has 6 nitrogen and oxygen atoms in total. The number of pyridine rings is 1. The average molecular weight is 398 g/mol. The minimum atomic E-state index is -0.245. The Bertz CT molecular complexity index is 938. The molecule has 156 valence electrons. The number of amides is 1. The molecule has 2 atom stereocenters. The average Bonchev–Trinajstić information content (AvgIpc) is 2.93. The summed E-state index contributed by atoms with van der Waals surface area (Å²) >= 11 is 0. The van der Waals surface area contributed by atoms with Gasteiger partial charge in [0.2, 0.25) is 0 Å². The molecule has 1 aromatic heterocycles. The monoisotopic (exact) mass is 397 g/mol. The number of nitrogens with zero attached hydrogens (tertiary/aromatic N) is 2. The summed E-state index contributed by atoms with van der Waals surface area (Å²) < 4.78 is 6.97. The summed E-state index contributed by atoms with van der Waals surface area (Å²) in [6.45, 7) is 5.65. The van der Waals surface area contributed by atoms with Gasteiger partial charge in [-0.25, -0.2) is 0 Å². The van der Waals surface area contributed by atoms with Crippen molar-refractivity contribution >= 4 is 16.8 Å². The number of carbonyl (C=O) groups excluding carboxylic acids is 1. The SMILES string of the molecule is COCCN1C2CCC1CC(NC(=O)c1cc3ccccc3n(C(C)C)c1=O)C2. The lowest BCUT2D eigenvalue weighted by atomic mass is 9.97. The van der Waals surface area contributed by atoms with Gasteiger partial charge in [0.25, 0.3) is 11.5 Å². The maximum Gasteiger partial charge on any atom is 0.264 e. The van der Waals surface area contributed by atoms with Gasteiger partial charge in [-0.15, -0.1) is 0 Å². The second kappa shape index (κ2) is 8.28. The van der Waals surface area contributed by atoms with Gasteiger partial charge in [-0.2, -0.15) is 0 Å². The molecule has 0 saturated carbocycles. The standard InChI is InChI=1S/C23H31N3O3/c1-15(2)26-21-7-5-4-6-16(21)12-20(23(26)28)22(27)24-17-13-18-8-9-19(14-17)25(18)10-11-29-3/h4-7,12,15,17-19H,8-11,13-14H2,1-3H3,(H,24,27). The highest BCUT2D eigenvalue weighted by Gasteiger charge is 2.40. The predicted molar refractivity (Wildman–Crippen MR) is 114 cm³/mol. The third-order valence-electron chi connectivity index (χ3n) is 6.48. The van der Waals surface area contributed by atoms with Crippen LogP contribution in [0, 0.1) is 0 Å². The van der Waals surface area contributed by atoms with Gasteiger partial charge < -0.3 is 14.6 Å². The van der Waals surface area contributed by atoms with Crippen molar-refractivity contribution in [1.29, 1.82) is 0 Å². The molecule has 29 heavy (non-hydrogen) atoms. The van der Waals surface area contributed by atoms with E-state index in [1.807, 2.05) is 38.1 Å². The summed E-state index contributed by atoms with van der Waals surface area (Å²) in [5, 5.41) is 4.09. The highest BCUT2D eigenvalue weighted by atomic mass is 16.5. The second-order valence-corrected chi connectivity index (χ2v) is 8.64. The van der Waals surface area contributed by atoms with Crippen LogP contribution in [0.5, 0.6) is 0 Å². The van der Waals surface area contributed by atoms with Gasteiger partial charge in [-0.05, 0) is 57.0 Å². The third-order valence-corrected chi connectivity index (χ3v) is 6.48. The summed E-state index contributed by atoms with van der Waals surface area (Å²) in [6, 6.07) is 10.6. The Balaban J connectivity index is 1.55. The van der Waals surface area contributed by atoms with Crippen LogP contribution in [0.2, 0.25) is 0 Å². The minimum Gasteiger partial charge on any atom is -0.383 e. The van der Waals surface area contributed by atoms with Crippen LogP contribution in [-0.4, -0.2) is 53.8 Å². The van der Waals surface area contributed by atoms with Crippen LogP contribution < -0.4 is 10.9 Å². The van der Waals surface area contributed by atoms with Crippen LogP contribution in [0.4, 0.5) is 0 Å². The van der Waals surface area contributed by atoms with E-state index in [2.05, 4.69) is 10.2 Å². The Morgan fingerprint density at radius 3 is 2.55 bits per heavy atom. The van der Waals surface area contributed by atoms with Gasteiger partial charge in [-0.3, -0.25) is 14.5 Å². The van der Waals surface area contributed by atoms with Crippen LogP contribution in [-0.2, 0) is 4.74 Å².